The minimum absolute atomic E-state index is 0.00514. The van der Waals surface area contributed by atoms with E-state index in [-0.39, 0.29) is 179 Å². The molecular formula is C84H92Cl2F8N14O17. The number of alkyl halides is 2. The number of ketones is 4. The Morgan fingerprint density at radius 2 is 0.856 bits per heavy atom. The quantitative estimate of drug-likeness (QED) is 0.0204. The molecule has 5 aromatic carbocycles. The Morgan fingerprint density at radius 1 is 0.512 bits per heavy atom. The first-order valence-corrected chi connectivity index (χ1v) is 39.8. The van der Waals surface area contributed by atoms with Gasteiger partial charge in [0.05, 0.1) is 96.6 Å². The molecule has 4 atom stereocenters. The van der Waals surface area contributed by atoms with Crippen molar-refractivity contribution in [3.05, 3.63) is 204 Å². The fraction of sp³-hybridized carbons (Fsp3) is 0.381. The molecule has 6 aromatic rings. The summed E-state index contributed by atoms with van der Waals surface area (Å²) < 4.78 is 153. The topological polar surface area (TPSA) is 354 Å². The third-order valence-electron chi connectivity index (χ3n) is 18.4. The van der Waals surface area contributed by atoms with E-state index in [9.17, 15) is 83.1 Å². The Bertz CT molecular complexity index is 5110. The standard InChI is InChI=1S/C20H23F2N3O5.C19H16F2N2O3.C18H17F2N5O3.C15H15F2N3O3.C8H15NO3.C4H6Cl2/c1-20(2,3)30-18(27)23-10-13-11-25(19(28)29-13)15-5-4-14(16(21)17(15)22)24-8-6-12(26)7-9-24;20-17-15(22-19(25)26-12-13-4-2-1-3-5-13)6-7-16(18(17)21)23-10-8-14(24)9-11-23;1-11-8-24(22-21-11)9-13-10-25(18(27)28-13)15-3-2-14(16(19)17(15)20)23-6-4-12(26)5-7-23;16-13-11(19-5-3-9(21)4-6-19)1-2-12(14(13)17)20-8-10(7-18)23-15(20)22;1-8(2,3)12-7(10)9-4-6-5-11-6;1-3(2)4(5)6/h4-6,8,13H,7,9-11H2,1-3H3,(H,23,27);1-8,10H,9,11-12H2,(H,22,25);2-4,6,8,13H,5,7,9-10H2,1H3;1-3,5,10H,4,6-8,18H2;6H,4-5H2,1-3H3,(H,9,10);4H,1H2,2H3/t13-;;13-;10-;6-;/m0.000./s1. The van der Waals surface area contributed by atoms with Crippen molar-refractivity contribution in [1.82, 2.24) is 25.6 Å². The van der Waals surface area contributed by atoms with E-state index in [0.717, 1.165) is 38.1 Å². The van der Waals surface area contributed by atoms with Gasteiger partial charge < -0.3 is 69.1 Å². The fourth-order valence-corrected chi connectivity index (χ4v) is 12.0. The maximum absolute atomic E-state index is 14.7. The average molecular weight is 1790 g/mol. The monoisotopic (exact) mass is 1790 g/mol. The number of carbonyl (C=O) groups is 10. The molecule has 4 saturated heterocycles. The van der Waals surface area contributed by atoms with E-state index < -0.39 is 111 Å². The summed E-state index contributed by atoms with van der Waals surface area (Å²) in [6, 6.07) is 19.6. The second kappa shape index (κ2) is 43.6. The number of carbonyl (C=O) groups excluding carboxylic acids is 10. The first-order chi connectivity index (χ1) is 59.1. The Kier molecular flexibility index (Phi) is 33.6. The number of nitrogens with two attached hydrogens (primary N) is 1. The predicted octanol–water partition coefficient (Wildman–Crippen LogP) is 14.1. The molecule has 670 valence electrons. The molecule has 41 heteroatoms. The van der Waals surface area contributed by atoms with Gasteiger partial charge in [-0.25, -0.2) is 68.6 Å². The molecule has 31 nitrogen and oxygen atoms in total. The van der Waals surface area contributed by atoms with Crippen LogP contribution >= 0.6 is 23.2 Å². The van der Waals surface area contributed by atoms with Crippen LogP contribution in [-0.2, 0) is 65.5 Å². The number of epoxide rings is 1. The Balaban J connectivity index is 0.000000177. The van der Waals surface area contributed by atoms with E-state index in [1.807, 2.05) is 26.8 Å². The number of amides is 6. The number of benzene rings is 5. The smallest absolute Gasteiger partial charge is 0.414 e. The van der Waals surface area contributed by atoms with E-state index in [1.165, 1.54) is 122 Å². The number of alkyl carbamates (subject to hydrolysis) is 2. The predicted molar refractivity (Wildman–Crippen MR) is 445 cm³/mol. The van der Waals surface area contributed by atoms with Crippen molar-refractivity contribution in [3.63, 3.8) is 0 Å². The van der Waals surface area contributed by atoms with Crippen molar-refractivity contribution >= 4 is 128 Å². The highest BCUT2D eigenvalue weighted by molar-refractivity contribution is 6.46. The number of nitrogens with one attached hydrogen (secondary N) is 3. The van der Waals surface area contributed by atoms with Gasteiger partial charge in [-0.3, -0.25) is 39.2 Å². The maximum Gasteiger partial charge on any atom is 0.414 e. The van der Waals surface area contributed by atoms with Crippen molar-refractivity contribution in [1.29, 1.82) is 0 Å². The van der Waals surface area contributed by atoms with Crippen LogP contribution in [0.25, 0.3) is 0 Å². The fourth-order valence-electron chi connectivity index (χ4n) is 12.0. The number of allylic oxidation sites excluding steroid dienone is 5. The summed E-state index contributed by atoms with van der Waals surface area (Å²) in [4.78, 5) is 124. The number of cyclic esters (lactones) is 3. The van der Waals surface area contributed by atoms with Crippen molar-refractivity contribution in [2.45, 2.75) is 135 Å². The molecule has 8 aliphatic heterocycles. The summed E-state index contributed by atoms with van der Waals surface area (Å²) in [6.07, 6.45) is 7.53. The van der Waals surface area contributed by atoms with Crippen molar-refractivity contribution in [2.24, 2.45) is 5.73 Å². The second-order valence-electron chi connectivity index (χ2n) is 30.6. The van der Waals surface area contributed by atoms with Crippen LogP contribution in [0.5, 0.6) is 0 Å². The number of aryl methyl sites for hydroxylation is 1. The normalized spacial score (nSPS) is 18.2. The molecule has 0 bridgehead atoms. The molecule has 0 aliphatic carbocycles. The van der Waals surface area contributed by atoms with E-state index in [0.29, 0.717) is 6.54 Å². The van der Waals surface area contributed by atoms with Crippen LogP contribution in [0, 0.1) is 53.5 Å². The first kappa shape index (κ1) is 96.2. The highest BCUT2D eigenvalue weighted by Gasteiger charge is 2.40. The third kappa shape index (κ3) is 27.9. The Morgan fingerprint density at radius 3 is 1.20 bits per heavy atom. The molecule has 4 fully saturated rings. The highest BCUT2D eigenvalue weighted by atomic mass is 35.5. The lowest BCUT2D eigenvalue weighted by Crippen LogP contribution is -2.38. The molecule has 8 aliphatic rings. The van der Waals surface area contributed by atoms with Gasteiger partial charge in [0.25, 0.3) is 0 Å². The third-order valence-corrected chi connectivity index (χ3v) is 19.1. The Hall–Kier alpha value is -12.6. The molecule has 5 N–H and O–H groups in total. The zero-order valence-corrected chi connectivity index (χ0v) is 70.6. The van der Waals surface area contributed by atoms with Gasteiger partial charge in [0, 0.05) is 95.9 Å². The van der Waals surface area contributed by atoms with Gasteiger partial charge in [0.1, 0.15) is 41.0 Å². The molecule has 125 heavy (non-hydrogen) atoms. The van der Waals surface area contributed by atoms with E-state index in [4.69, 9.17) is 62.1 Å². The summed E-state index contributed by atoms with van der Waals surface area (Å²) in [5, 5.41) is 15.0. The van der Waals surface area contributed by atoms with Gasteiger partial charge in [-0.15, -0.1) is 28.3 Å². The average Bonchev–Trinajstić information content (AvgIpc) is 1.77. The van der Waals surface area contributed by atoms with Crippen LogP contribution < -0.4 is 56.0 Å². The number of hydrogen-bond donors (Lipinski definition) is 4. The van der Waals surface area contributed by atoms with Gasteiger partial charge in [0.2, 0.25) is 0 Å². The summed E-state index contributed by atoms with van der Waals surface area (Å²) in [5.41, 5.74) is 5.62. The lowest BCUT2D eigenvalue weighted by atomic mass is 10.1. The molecular weight excluding hydrogens is 1700 g/mol. The number of anilines is 8. The first-order valence-electron chi connectivity index (χ1n) is 38.9. The van der Waals surface area contributed by atoms with Crippen LogP contribution in [0.15, 0.2) is 146 Å². The minimum atomic E-state index is -1.20. The van der Waals surface area contributed by atoms with Crippen LogP contribution in [0.3, 0.4) is 0 Å². The SMILES string of the molecule is C=C(C)C(Cl)Cl.CC(C)(C)OC(=O)NC[C@H]1CN(c2ccc(N3C=CC(=O)CC3)c(F)c2F)C(=O)O1.CC(C)(C)OC(=O)NC[C@H]1CO1.Cc1cn(C[C@H]2CN(c3ccc(N4C=CC(=O)CC4)c(F)c3F)C(=O)O2)nn1.NC[C@H]1CN(c2ccc(N3C=CC(=O)CC3)c(F)c2F)C(=O)O1.O=C1C=CN(c2ccc(NC(=O)OCc3ccccc3)c(F)c2F)CC1. The van der Waals surface area contributed by atoms with Crippen molar-refractivity contribution in [2.75, 3.05) is 112 Å². The molecule has 9 heterocycles. The minimum Gasteiger partial charge on any atom is -0.444 e. The van der Waals surface area contributed by atoms with E-state index in [2.05, 4.69) is 32.8 Å². The number of aromatic nitrogens is 3. The van der Waals surface area contributed by atoms with Gasteiger partial charge in [-0.05, 0) is 139 Å². The summed E-state index contributed by atoms with van der Waals surface area (Å²) >= 11 is 10.6. The summed E-state index contributed by atoms with van der Waals surface area (Å²) in [6.45, 7) is 20.4. The molecule has 6 amide bonds. The van der Waals surface area contributed by atoms with Crippen LogP contribution in [-0.4, -0.2) is 187 Å². The van der Waals surface area contributed by atoms with Gasteiger partial charge in [-0.1, -0.05) is 42.1 Å². The zero-order chi connectivity index (χ0) is 91.3. The van der Waals surface area contributed by atoms with Gasteiger partial charge in [0.15, 0.2) is 69.7 Å². The van der Waals surface area contributed by atoms with Crippen LogP contribution in [0.4, 0.5) is 109 Å². The molecule has 1 aromatic heterocycles. The molecule has 0 spiro atoms. The van der Waals surface area contributed by atoms with E-state index >= 15 is 0 Å². The molecule has 14 rings (SSSR count). The van der Waals surface area contributed by atoms with E-state index in [1.54, 1.807) is 65.1 Å². The number of nitrogens with zero attached hydrogens (tertiary/aromatic N) is 10. The largest absolute Gasteiger partial charge is 0.444 e. The zero-order valence-electron chi connectivity index (χ0n) is 69.1. The maximum atomic E-state index is 14.7. The second-order valence-corrected chi connectivity index (χ2v) is 31.7. The lowest BCUT2D eigenvalue weighted by molar-refractivity contribution is -0.115. The molecule has 0 saturated carbocycles. The summed E-state index contributed by atoms with van der Waals surface area (Å²) in [5.74, 6) is -9.35. The summed E-state index contributed by atoms with van der Waals surface area (Å²) in [7, 11) is 0. The van der Waals surface area contributed by atoms with Crippen molar-refractivity contribution in [3.8, 4) is 0 Å². The van der Waals surface area contributed by atoms with Crippen molar-refractivity contribution < 1.29 is 116 Å². The number of ether oxygens (including phenoxy) is 7. The highest BCUT2D eigenvalue weighted by Crippen LogP contribution is 2.37. The molecule has 0 radical (unpaired) electrons. The lowest BCUT2D eigenvalue weighted by Gasteiger charge is -2.24. The van der Waals surface area contributed by atoms with Gasteiger partial charge in [-0.2, -0.15) is 0 Å². The van der Waals surface area contributed by atoms with Crippen LogP contribution in [0.2, 0.25) is 0 Å². The number of hydrogen-bond acceptors (Lipinski definition) is 24. The van der Waals surface area contributed by atoms with Gasteiger partial charge >= 0.3 is 36.6 Å². The molecule has 0 unspecified atom stereocenters. The van der Waals surface area contributed by atoms with Crippen LogP contribution in [0.1, 0.15) is 85.4 Å². The Labute approximate surface area is 723 Å². The number of halogens is 10. The number of rotatable bonds is 18.